The molecule has 1 rings (SSSR count). The van der Waals surface area contributed by atoms with E-state index in [2.05, 4.69) is 11.9 Å². The molecule has 0 fully saturated rings. The number of alkyl carbamates (subject to hydrolysis) is 1. The molecule has 1 aromatic carbocycles. The van der Waals surface area contributed by atoms with Crippen molar-refractivity contribution >= 4 is 12.0 Å². The zero-order valence-electron chi connectivity index (χ0n) is 13.8. The zero-order valence-corrected chi connectivity index (χ0v) is 13.8. The normalized spacial score (nSPS) is 12.1. The second-order valence-electron chi connectivity index (χ2n) is 6.05. The third-order valence-electron chi connectivity index (χ3n) is 2.77. The van der Waals surface area contributed by atoms with Gasteiger partial charge in [0, 0.05) is 6.42 Å². The highest BCUT2D eigenvalue weighted by atomic mass is 16.6. The van der Waals surface area contributed by atoms with Crippen molar-refractivity contribution in [3.8, 4) is 5.75 Å². The summed E-state index contributed by atoms with van der Waals surface area (Å²) in [6.07, 6.45) is 1.25. The summed E-state index contributed by atoms with van der Waals surface area (Å²) >= 11 is 0. The molecular formula is C17H24N2O4. The number of carbonyl (C=O) groups is 2. The number of primary amides is 1. The lowest BCUT2D eigenvalue weighted by Gasteiger charge is -2.22. The third kappa shape index (κ3) is 7.35. The van der Waals surface area contributed by atoms with Crippen molar-refractivity contribution in [2.75, 3.05) is 6.61 Å². The molecule has 0 heterocycles. The molecule has 0 aliphatic rings. The number of hydrogen-bond donors (Lipinski definition) is 2. The highest BCUT2D eigenvalue weighted by Gasteiger charge is 2.22. The maximum Gasteiger partial charge on any atom is 0.408 e. The Hall–Kier alpha value is -2.50. The molecule has 0 aliphatic heterocycles. The van der Waals surface area contributed by atoms with Gasteiger partial charge in [-0.15, -0.1) is 0 Å². The van der Waals surface area contributed by atoms with Gasteiger partial charge in [0.05, 0.1) is 0 Å². The van der Waals surface area contributed by atoms with E-state index in [0.717, 1.165) is 5.56 Å². The van der Waals surface area contributed by atoms with Gasteiger partial charge in [-0.3, -0.25) is 4.79 Å². The summed E-state index contributed by atoms with van der Waals surface area (Å²) in [5.41, 5.74) is 5.55. The first-order valence-corrected chi connectivity index (χ1v) is 7.32. The Kier molecular flexibility index (Phi) is 6.63. The fourth-order valence-electron chi connectivity index (χ4n) is 1.79. The summed E-state index contributed by atoms with van der Waals surface area (Å²) in [7, 11) is 0. The lowest BCUT2D eigenvalue weighted by Crippen LogP contribution is -2.47. The molecule has 2 amide bonds. The Balaban J connectivity index is 2.67. The molecule has 0 aliphatic carbocycles. The summed E-state index contributed by atoms with van der Waals surface area (Å²) in [5.74, 6) is 0.0761. The summed E-state index contributed by atoms with van der Waals surface area (Å²) in [4.78, 5) is 23.3. The molecule has 3 N–H and O–H groups in total. The van der Waals surface area contributed by atoms with E-state index in [1.807, 2.05) is 12.1 Å². The maximum absolute atomic E-state index is 11.8. The summed E-state index contributed by atoms with van der Waals surface area (Å²) in [6, 6.07) is 6.34. The van der Waals surface area contributed by atoms with Crippen LogP contribution >= 0.6 is 0 Å². The van der Waals surface area contributed by atoms with Gasteiger partial charge in [0.15, 0.2) is 0 Å². The molecule has 0 aromatic heterocycles. The van der Waals surface area contributed by atoms with Crippen LogP contribution in [-0.2, 0) is 16.0 Å². The van der Waals surface area contributed by atoms with Crippen LogP contribution in [0, 0.1) is 0 Å². The molecule has 1 atom stereocenters. The van der Waals surface area contributed by atoms with Crippen LogP contribution in [0.15, 0.2) is 36.9 Å². The first-order chi connectivity index (χ1) is 10.7. The van der Waals surface area contributed by atoms with Crippen LogP contribution < -0.4 is 15.8 Å². The fraction of sp³-hybridized carbons (Fsp3) is 0.412. The molecule has 0 saturated carbocycles. The number of carbonyl (C=O) groups excluding carboxylic acids is 2. The predicted octanol–water partition coefficient (Wildman–Crippen LogP) is 2.17. The van der Waals surface area contributed by atoms with Crippen molar-refractivity contribution in [1.82, 2.24) is 5.32 Å². The van der Waals surface area contributed by atoms with Gasteiger partial charge in [-0.25, -0.2) is 4.79 Å². The van der Waals surface area contributed by atoms with Crippen molar-refractivity contribution in [3.63, 3.8) is 0 Å². The molecule has 0 saturated heterocycles. The average Bonchev–Trinajstić information content (AvgIpc) is 2.43. The topological polar surface area (TPSA) is 90.7 Å². The van der Waals surface area contributed by atoms with Gasteiger partial charge in [-0.2, -0.15) is 0 Å². The predicted molar refractivity (Wildman–Crippen MR) is 88.2 cm³/mol. The maximum atomic E-state index is 11.8. The minimum absolute atomic E-state index is 0.274. The van der Waals surface area contributed by atoms with Crippen molar-refractivity contribution in [2.45, 2.75) is 38.8 Å². The van der Waals surface area contributed by atoms with Crippen LogP contribution in [0.3, 0.4) is 0 Å². The molecular weight excluding hydrogens is 296 g/mol. The lowest BCUT2D eigenvalue weighted by molar-refractivity contribution is -0.120. The first-order valence-electron chi connectivity index (χ1n) is 7.32. The monoisotopic (exact) mass is 320 g/mol. The van der Waals surface area contributed by atoms with Gasteiger partial charge in [0.1, 0.15) is 24.0 Å². The lowest BCUT2D eigenvalue weighted by atomic mass is 10.1. The average molecular weight is 320 g/mol. The number of benzene rings is 1. The molecule has 6 heteroatoms. The standard InChI is InChI=1S/C17H24N2O4/c1-5-10-22-13-8-6-12(7-9-13)11-14(15(18)20)19-16(21)23-17(2,3)4/h5-9,14H,1,10-11H2,2-4H3,(H2,18,20)(H,19,21). The van der Waals surface area contributed by atoms with Crippen LogP contribution in [0.1, 0.15) is 26.3 Å². The van der Waals surface area contributed by atoms with Crippen LogP contribution in [0.25, 0.3) is 0 Å². The van der Waals surface area contributed by atoms with E-state index in [0.29, 0.717) is 12.4 Å². The second kappa shape index (κ2) is 8.22. The van der Waals surface area contributed by atoms with Crippen LogP contribution in [0.2, 0.25) is 0 Å². The fourth-order valence-corrected chi connectivity index (χ4v) is 1.79. The molecule has 0 bridgehead atoms. The molecule has 0 spiro atoms. The Bertz CT molecular complexity index is 547. The summed E-state index contributed by atoms with van der Waals surface area (Å²) in [6.45, 7) is 9.23. The SMILES string of the molecule is C=CCOc1ccc(CC(NC(=O)OC(C)(C)C)C(N)=O)cc1. The number of rotatable bonds is 7. The van der Waals surface area contributed by atoms with Crippen molar-refractivity contribution < 1.29 is 19.1 Å². The molecule has 1 aromatic rings. The molecule has 0 radical (unpaired) electrons. The van der Waals surface area contributed by atoms with E-state index < -0.39 is 23.6 Å². The van der Waals surface area contributed by atoms with Gasteiger partial charge >= 0.3 is 6.09 Å². The highest BCUT2D eigenvalue weighted by molar-refractivity contribution is 5.84. The Labute approximate surface area is 136 Å². The van der Waals surface area contributed by atoms with Gasteiger partial charge in [0.2, 0.25) is 5.91 Å². The zero-order chi connectivity index (χ0) is 17.5. The summed E-state index contributed by atoms with van der Waals surface area (Å²) < 4.78 is 10.5. The van der Waals surface area contributed by atoms with E-state index in [1.165, 1.54) is 0 Å². The van der Waals surface area contributed by atoms with Gasteiger partial charge in [0.25, 0.3) is 0 Å². The van der Waals surface area contributed by atoms with Gasteiger partial charge < -0.3 is 20.5 Å². The third-order valence-corrected chi connectivity index (χ3v) is 2.77. The van der Waals surface area contributed by atoms with E-state index in [1.54, 1.807) is 39.0 Å². The Morgan fingerprint density at radius 1 is 1.30 bits per heavy atom. The number of amides is 2. The Morgan fingerprint density at radius 2 is 1.91 bits per heavy atom. The number of nitrogens with two attached hydrogens (primary N) is 1. The van der Waals surface area contributed by atoms with Crippen LogP contribution in [0.5, 0.6) is 5.75 Å². The van der Waals surface area contributed by atoms with Crippen LogP contribution in [-0.4, -0.2) is 30.3 Å². The van der Waals surface area contributed by atoms with Gasteiger partial charge in [-0.1, -0.05) is 24.8 Å². The quantitative estimate of drug-likeness (QED) is 0.753. The molecule has 126 valence electrons. The second-order valence-corrected chi connectivity index (χ2v) is 6.05. The Morgan fingerprint density at radius 3 is 2.39 bits per heavy atom. The van der Waals surface area contributed by atoms with Crippen LogP contribution in [0.4, 0.5) is 4.79 Å². The van der Waals surface area contributed by atoms with E-state index >= 15 is 0 Å². The minimum atomic E-state index is -0.843. The van der Waals surface area contributed by atoms with Gasteiger partial charge in [-0.05, 0) is 38.5 Å². The number of nitrogens with one attached hydrogen (secondary N) is 1. The van der Waals surface area contributed by atoms with E-state index in [-0.39, 0.29) is 6.42 Å². The number of hydrogen-bond acceptors (Lipinski definition) is 4. The largest absolute Gasteiger partial charge is 0.490 e. The van der Waals surface area contributed by atoms with E-state index in [4.69, 9.17) is 15.2 Å². The van der Waals surface area contributed by atoms with Crippen molar-refractivity contribution in [2.24, 2.45) is 5.73 Å². The van der Waals surface area contributed by atoms with Crippen molar-refractivity contribution in [3.05, 3.63) is 42.5 Å². The smallest absolute Gasteiger partial charge is 0.408 e. The van der Waals surface area contributed by atoms with Crippen molar-refractivity contribution in [1.29, 1.82) is 0 Å². The number of ether oxygens (including phenoxy) is 2. The molecule has 23 heavy (non-hydrogen) atoms. The summed E-state index contributed by atoms with van der Waals surface area (Å²) in [5, 5.41) is 2.49. The molecule has 6 nitrogen and oxygen atoms in total. The first kappa shape index (κ1) is 18.5. The minimum Gasteiger partial charge on any atom is -0.490 e. The van der Waals surface area contributed by atoms with E-state index in [9.17, 15) is 9.59 Å². The molecule has 1 unspecified atom stereocenters. The highest BCUT2D eigenvalue weighted by Crippen LogP contribution is 2.14.